The van der Waals surface area contributed by atoms with Gasteiger partial charge in [-0.1, -0.05) is 12.1 Å². The molecule has 3 amide bonds. The third kappa shape index (κ3) is 3.12. The molecule has 1 N–H and O–H groups in total. The molecule has 0 unspecified atom stereocenters. The van der Waals surface area contributed by atoms with Gasteiger partial charge in [0, 0.05) is 12.1 Å². The summed E-state index contributed by atoms with van der Waals surface area (Å²) in [5, 5.41) is 10.1. The van der Waals surface area contributed by atoms with Gasteiger partial charge in [0.1, 0.15) is 24.5 Å². The highest BCUT2D eigenvalue weighted by Crippen LogP contribution is 2.27. The quantitative estimate of drug-likeness (QED) is 0.622. The molecule has 2 atom stereocenters. The Morgan fingerprint density at radius 1 is 1.42 bits per heavy atom. The number of carbonyl (C=O) groups is 3. The molecule has 128 valence electrons. The molecule has 2 saturated heterocycles. The topological polar surface area (TPSA) is 87.2 Å². The number of rotatable bonds is 6. The number of hydrogen-bond donors (Lipinski definition) is 1. The van der Waals surface area contributed by atoms with Gasteiger partial charge < -0.3 is 14.7 Å². The molecule has 0 bridgehead atoms. The Kier molecular flexibility index (Phi) is 4.53. The number of ketones is 1. The predicted octanol–water partition coefficient (Wildman–Crippen LogP) is 1.06. The minimum Gasteiger partial charge on any atom is -0.491 e. The average molecular weight is 332 g/mol. The Hall–Kier alpha value is -2.41. The first-order valence-electron chi connectivity index (χ1n) is 8.01. The van der Waals surface area contributed by atoms with Crippen LogP contribution < -0.4 is 4.74 Å². The summed E-state index contributed by atoms with van der Waals surface area (Å²) < 4.78 is 5.47. The minimum absolute atomic E-state index is 0.0664. The Labute approximate surface area is 139 Å². The van der Waals surface area contributed by atoms with Crippen LogP contribution in [0.5, 0.6) is 5.75 Å². The van der Waals surface area contributed by atoms with Crippen LogP contribution in [0.4, 0.5) is 4.79 Å². The SMILES string of the molecule is CC(=O)c1cccc(OC[C@@H](O)CN2C(=O)[C@H]3CCCN3C2=O)c1. The highest BCUT2D eigenvalue weighted by Gasteiger charge is 2.47. The third-order valence-corrected chi connectivity index (χ3v) is 4.36. The predicted molar refractivity (Wildman–Crippen MR) is 84.8 cm³/mol. The van der Waals surface area contributed by atoms with Crippen LogP contribution in [0, 0.1) is 0 Å². The number of aliphatic hydroxyl groups excluding tert-OH is 1. The van der Waals surface area contributed by atoms with Crippen molar-refractivity contribution in [1.29, 1.82) is 0 Å². The number of nitrogens with zero attached hydrogens (tertiary/aromatic N) is 2. The number of β-amino-alcohol motifs (C(OH)–C–C–N with tert-alkyl or cyclic N) is 1. The molecule has 2 heterocycles. The number of aliphatic hydroxyl groups is 1. The molecule has 7 heteroatoms. The zero-order valence-corrected chi connectivity index (χ0v) is 13.5. The lowest BCUT2D eigenvalue weighted by molar-refractivity contribution is -0.129. The van der Waals surface area contributed by atoms with Gasteiger partial charge in [0.25, 0.3) is 5.91 Å². The number of imide groups is 1. The van der Waals surface area contributed by atoms with Crippen LogP contribution in [0.2, 0.25) is 0 Å². The highest BCUT2D eigenvalue weighted by atomic mass is 16.5. The maximum absolute atomic E-state index is 12.2. The number of fused-ring (bicyclic) bond motifs is 1. The van der Waals surface area contributed by atoms with Crippen molar-refractivity contribution < 1.29 is 24.2 Å². The Morgan fingerprint density at radius 3 is 2.92 bits per heavy atom. The summed E-state index contributed by atoms with van der Waals surface area (Å²) >= 11 is 0. The molecule has 0 radical (unpaired) electrons. The number of amides is 3. The molecule has 1 aromatic carbocycles. The monoisotopic (exact) mass is 332 g/mol. The van der Waals surface area contributed by atoms with E-state index in [-0.39, 0.29) is 36.9 Å². The molecule has 2 fully saturated rings. The molecule has 2 aliphatic rings. The number of ether oxygens (including phenoxy) is 1. The Morgan fingerprint density at radius 2 is 2.21 bits per heavy atom. The molecule has 1 aromatic rings. The van der Waals surface area contributed by atoms with Crippen LogP contribution >= 0.6 is 0 Å². The van der Waals surface area contributed by atoms with Crippen LogP contribution in [-0.2, 0) is 4.79 Å². The largest absolute Gasteiger partial charge is 0.491 e. The van der Waals surface area contributed by atoms with Crippen molar-refractivity contribution in [2.45, 2.75) is 31.9 Å². The zero-order chi connectivity index (χ0) is 17.3. The van der Waals surface area contributed by atoms with Gasteiger partial charge in [-0.15, -0.1) is 0 Å². The molecular formula is C17H20N2O5. The van der Waals surface area contributed by atoms with Gasteiger partial charge in [0.15, 0.2) is 5.78 Å². The van der Waals surface area contributed by atoms with Crippen LogP contribution in [0.25, 0.3) is 0 Å². The molecule has 7 nitrogen and oxygen atoms in total. The maximum Gasteiger partial charge on any atom is 0.327 e. The van der Waals surface area contributed by atoms with E-state index < -0.39 is 6.10 Å². The normalized spacial score (nSPS) is 21.2. The van der Waals surface area contributed by atoms with Crippen LogP contribution in [0.15, 0.2) is 24.3 Å². The van der Waals surface area contributed by atoms with Crippen molar-refractivity contribution in [2.24, 2.45) is 0 Å². The fourth-order valence-corrected chi connectivity index (χ4v) is 3.11. The van der Waals surface area contributed by atoms with Gasteiger partial charge in [-0.3, -0.25) is 14.5 Å². The van der Waals surface area contributed by atoms with Crippen LogP contribution in [0.3, 0.4) is 0 Å². The zero-order valence-electron chi connectivity index (χ0n) is 13.5. The second-order valence-electron chi connectivity index (χ2n) is 6.13. The Bertz CT molecular complexity index is 653. The first-order chi connectivity index (χ1) is 11.5. The number of urea groups is 1. The minimum atomic E-state index is -0.987. The highest BCUT2D eigenvalue weighted by molar-refractivity contribution is 6.04. The molecule has 0 aliphatic carbocycles. The van der Waals surface area contributed by atoms with Crippen molar-refractivity contribution >= 4 is 17.7 Å². The van der Waals surface area contributed by atoms with E-state index in [1.54, 1.807) is 29.2 Å². The average Bonchev–Trinajstić information content (AvgIpc) is 3.13. The molecule has 3 rings (SSSR count). The molecule has 0 spiro atoms. The molecule has 24 heavy (non-hydrogen) atoms. The molecule has 0 aromatic heterocycles. The number of Topliss-reactive ketones (excluding diaryl/α,β-unsaturated/α-hetero) is 1. The van der Waals surface area contributed by atoms with E-state index in [1.165, 1.54) is 6.92 Å². The van der Waals surface area contributed by atoms with Gasteiger partial charge in [0.2, 0.25) is 0 Å². The molecule has 0 saturated carbocycles. The van der Waals surface area contributed by atoms with E-state index in [9.17, 15) is 19.5 Å². The summed E-state index contributed by atoms with van der Waals surface area (Å²) in [6, 6.07) is 5.96. The fraction of sp³-hybridized carbons (Fsp3) is 0.471. The van der Waals surface area contributed by atoms with Gasteiger partial charge in [-0.05, 0) is 31.9 Å². The fourth-order valence-electron chi connectivity index (χ4n) is 3.11. The second kappa shape index (κ2) is 6.60. The van der Waals surface area contributed by atoms with Gasteiger partial charge in [-0.25, -0.2) is 4.79 Å². The number of benzene rings is 1. The smallest absolute Gasteiger partial charge is 0.327 e. The lowest BCUT2D eigenvalue weighted by atomic mass is 10.1. The summed E-state index contributed by atoms with van der Waals surface area (Å²) in [7, 11) is 0. The van der Waals surface area contributed by atoms with E-state index in [0.29, 0.717) is 24.3 Å². The van der Waals surface area contributed by atoms with E-state index in [1.807, 2.05) is 0 Å². The summed E-state index contributed by atoms with van der Waals surface area (Å²) in [6.45, 7) is 1.90. The first kappa shape index (κ1) is 16.4. The summed E-state index contributed by atoms with van der Waals surface area (Å²) in [4.78, 5) is 38.4. The van der Waals surface area contributed by atoms with Gasteiger partial charge in [-0.2, -0.15) is 0 Å². The summed E-state index contributed by atoms with van der Waals surface area (Å²) in [6.07, 6.45) is 0.540. The van der Waals surface area contributed by atoms with Gasteiger partial charge >= 0.3 is 6.03 Å². The van der Waals surface area contributed by atoms with Crippen molar-refractivity contribution in [2.75, 3.05) is 19.7 Å². The maximum atomic E-state index is 12.2. The molecular weight excluding hydrogens is 312 g/mol. The standard InChI is InChI=1S/C17H20N2O5/c1-11(20)12-4-2-5-14(8-12)24-10-13(21)9-19-16(22)15-6-3-7-18(15)17(19)23/h2,4-5,8,13,15,21H,3,6-7,9-10H2,1H3/t13-,15+/m0/s1. The van der Waals surface area contributed by atoms with E-state index >= 15 is 0 Å². The van der Waals surface area contributed by atoms with E-state index in [0.717, 1.165) is 11.3 Å². The van der Waals surface area contributed by atoms with Crippen molar-refractivity contribution in [3.05, 3.63) is 29.8 Å². The van der Waals surface area contributed by atoms with Crippen molar-refractivity contribution in [1.82, 2.24) is 9.80 Å². The lowest BCUT2D eigenvalue weighted by Gasteiger charge is -2.19. The second-order valence-corrected chi connectivity index (χ2v) is 6.13. The molecule has 2 aliphatic heterocycles. The summed E-state index contributed by atoms with van der Waals surface area (Å²) in [5.41, 5.74) is 0.521. The number of hydrogen-bond acceptors (Lipinski definition) is 5. The number of carbonyl (C=O) groups excluding carboxylic acids is 3. The van der Waals surface area contributed by atoms with Crippen LogP contribution in [-0.4, -0.2) is 64.5 Å². The van der Waals surface area contributed by atoms with E-state index in [2.05, 4.69) is 0 Å². The summed E-state index contributed by atoms with van der Waals surface area (Å²) in [5.74, 6) is 0.145. The van der Waals surface area contributed by atoms with E-state index in [4.69, 9.17) is 4.74 Å². The van der Waals surface area contributed by atoms with Crippen molar-refractivity contribution in [3.63, 3.8) is 0 Å². The first-order valence-corrected chi connectivity index (χ1v) is 8.01. The van der Waals surface area contributed by atoms with Gasteiger partial charge in [0.05, 0.1) is 6.54 Å². The third-order valence-electron chi connectivity index (χ3n) is 4.36. The lowest BCUT2D eigenvalue weighted by Crippen LogP contribution is -2.41. The van der Waals surface area contributed by atoms with Crippen LogP contribution in [0.1, 0.15) is 30.1 Å². The Balaban J connectivity index is 1.55. The van der Waals surface area contributed by atoms with Crippen molar-refractivity contribution in [3.8, 4) is 5.75 Å².